The van der Waals surface area contributed by atoms with E-state index in [2.05, 4.69) is 10.3 Å². The highest BCUT2D eigenvalue weighted by molar-refractivity contribution is 7.13. The molecule has 4 nitrogen and oxygen atoms in total. The molecule has 0 radical (unpaired) electrons. The third-order valence-electron chi connectivity index (χ3n) is 1.67. The maximum absolute atomic E-state index is 11.0. The fourth-order valence-electron chi connectivity index (χ4n) is 1.02. The second kappa shape index (κ2) is 3.57. The lowest BCUT2D eigenvalue weighted by Gasteiger charge is -1.94. The fourth-order valence-corrected chi connectivity index (χ4v) is 1.52. The van der Waals surface area contributed by atoms with E-state index in [0.29, 0.717) is 18.6 Å². The van der Waals surface area contributed by atoms with Gasteiger partial charge >= 0.3 is 5.97 Å². The smallest absolute Gasteiger partial charge is 0.335 e. The van der Waals surface area contributed by atoms with Crippen molar-refractivity contribution in [3.05, 3.63) is 23.3 Å². The van der Waals surface area contributed by atoms with Crippen molar-refractivity contribution in [2.45, 2.75) is 6.42 Å². The third kappa shape index (κ3) is 1.86. The van der Waals surface area contributed by atoms with Gasteiger partial charge in [0.25, 0.3) is 0 Å². The van der Waals surface area contributed by atoms with E-state index in [1.807, 2.05) is 5.38 Å². The molecule has 1 aliphatic rings. The average Bonchev–Trinajstić information content (AvgIpc) is 2.72. The molecule has 0 saturated carbocycles. The van der Waals surface area contributed by atoms with Gasteiger partial charge in [-0.25, -0.2) is 9.78 Å². The van der Waals surface area contributed by atoms with Crippen molar-refractivity contribution in [2.75, 3.05) is 11.9 Å². The molecule has 1 aromatic rings. The van der Waals surface area contributed by atoms with Crippen LogP contribution in [0.25, 0.3) is 0 Å². The van der Waals surface area contributed by atoms with E-state index in [1.165, 1.54) is 11.3 Å². The molecule has 2 heterocycles. The van der Waals surface area contributed by atoms with Gasteiger partial charge in [-0.1, -0.05) is 0 Å². The maximum atomic E-state index is 11.0. The van der Waals surface area contributed by atoms with E-state index in [9.17, 15) is 4.79 Å². The van der Waals surface area contributed by atoms with Crippen molar-refractivity contribution < 1.29 is 9.53 Å². The zero-order valence-corrected chi connectivity index (χ0v) is 7.63. The summed E-state index contributed by atoms with van der Waals surface area (Å²) in [6.07, 6.45) is 4.05. The maximum Gasteiger partial charge on any atom is 0.335 e. The Kier molecular flexibility index (Phi) is 2.27. The van der Waals surface area contributed by atoms with E-state index in [-0.39, 0.29) is 5.97 Å². The molecule has 0 aliphatic carbocycles. The summed E-state index contributed by atoms with van der Waals surface area (Å²) in [7, 11) is 0. The van der Waals surface area contributed by atoms with Crippen molar-refractivity contribution in [2.24, 2.45) is 0 Å². The summed E-state index contributed by atoms with van der Waals surface area (Å²) in [4.78, 5) is 15.0. The number of anilines is 1. The quantitative estimate of drug-likeness (QED) is 0.573. The number of carbonyl (C=O) groups is 1. The molecule has 1 aliphatic heterocycles. The van der Waals surface area contributed by atoms with Crippen LogP contribution in [0.5, 0.6) is 0 Å². The van der Waals surface area contributed by atoms with Crippen LogP contribution >= 0.6 is 11.3 Å². The number of cyclic esters (lactones) is 1. The molecule has 0 unspecified atom stereocenters. The number of rotatable bonds is 2. The predicted molar refractivity (Wildman–Crippen MR) is 49.4 cm³/mol. The van der Waals surface area contributed by atoms with Crippen LogP contribution in [0.2, 0.25) is 0 Å². The Hall–Kier alpha value is -1.36. The largest absolute Gasteiger partial charge is 0.462 e. The molecule has 0 atom stereocenters. The van der Waals surface area contributed by atoms with Gasteiger partial charge in [0.15, 0.2) is 5.13 Å². The molecule has 0 spiro atoms. The molecule has 13 heavy (non-hydrogen) atoms. The van der Waals surface area contributed by atoms with Crippen LogP contribution in [0.4, 0.5) is 5.13 Å². The number of aromatic nitrogens is 1. The number of esters is 1. The molecule has 1 aromatic heterocycles. The highest BCUT2D eigenvalue weighted by atomic mass is 32.1. The van der Waals surface area contributed by atoms with Crippen LogP contribution in [0.3, 0.4) is 0 Å². The van der Waals surface area contributed by atoms with Gasteiger partial charge in [-0.2, -0.15) is 0 Å². The number of thiazole rings is 1. The van der Waals surface area contributed by atoms with E-state index >= 15 is 0 Å². The molecular formula is C8H8N2O2S. The predicted octanol–water partition coefficient (Wildman–Crippen LogP) is 1.39. The third-order valence-corrected chi connectivity index (χ3v) is 2.37. The summed E-state index contributed by atoms with van der Waals surface area (Å²) in [5, 5.41) is 5.59. The Bertz CT molecular complexity index is 332. The van der Waals surface area contributed by atoms with Crippen molar-refractivity contribution in [3.63, 3.8) is 0 Å². The van der Waals surface area contributed by atoms with Gasteiger partial charge < -0.3 is 10.1 Å². The molecule has 1 fully saturated rings. The Morgan fingerprint density at radius 3 is 3.23 bits per heavy atom. The summed E-state index contributed by atoms with van der Waals surface area (Å²) in [5.41, 5.74) is 0.676. The second-order valence-electron chi connectivity index (χ2n) is 2.54. The van der Waals surface area contributed by atoms with Gasteiger partial charge in [-0.05, 0) is 0 Å². The molecule has 0 aromatic carbocycles. The molecule has 0 amide bonds. The normalized spacial score (nSPS) is 19.1. The van der Waals surface area contributed by atoms with Crippen LogP contribution < -0.4 is 5.32 Å². The summed E-state index contributed by atoms with van der Waals surface area (Å²) >= 11 is 1.49. The molecule has 5 heteroatoms. The van der Waals surface area contributed by atoms with Crippen molar-refractivity contribution in [1.82, 2.24) is 4.98 Å². The lowest BCUT2D eigenvalue weighted by Crippen LogP contribution is -1.97. The lowest BCUT2D eigenvalue weighted by atomic mass is 10.2. The first-order chi connectivity index (χ1) is 6.36. The monoisotopic (exact) mass is 196 g/mol. The minimum atomic E-state index is -0.232. The standard InChI is InChI=1S/C8H8N2O2S/c11-7-6(1-3-12-7)5-10-8-9-2-4-13-8/h2,4-5H,1,3H2,(H,9,10)/b6-5-. The van der Waals surface area contributed by atoms with Crippen LogP contribution in [0, 0.1) is 0 Å². The van der Waals surface area contributed by atoms with E-state index in [0.717, 1.165) is 5.13 Å². The Labute approximate surface area is 79.2 Å². The topological polar surface area (TPSA) is 51.2 Å². The van der Waals surface area contributed by atoms with E-state index in [4.69, 9.17) is 4.74 Å². The van der Waals surface area contributed by atoms with Gasteiger partial charge in [-0.15, -0.1) is 11.3 Å². The summed E-state index contributed by atoms with van der Waals surface area (Å²) in [6, 6.07) is 0. The molecular weight excluding hydrogens is 188 g/mol. The Balaban J connectivity index is 2.01. The lowest BCUT2D eigenvalue weighted by molar-refractivity contribution is -0.135. The van der Waals surface area contributed by atoms with Gasteiger partial charge in [0, 0.05) is 24.2 Å². The van der Waals surface area contributed by atoms with Crippen LogP contribution in [-0.4, -0.2) is 17.6 Å². The summed E-state index contributed by atoms with van der Waals surface area (Å²) < 4.78 is 4.77. The number of nitrogens with zero attached hydrogens (tertiary/aromatic N) is 1. The van der Waals surface area contributed by atoms with Crippen LogP contribution in [-0.2, 0) is 9.53 Å². The summed E-state index contributed by atoms with van der Waals surface area (Å²) in [5.74, 6) is -0.232. The van der Waals surface area contributed by atoms with Crippen LogP contribution in [0.15, 0.2) is 23.3 Å². The Morgan fingerprint density at radius 1 is 1.69 bits per heavy atom. The van der Waals surface area contributed by atoms with Crippen LogP contribution in [0.1, 0.15) is 6.42 Å². The first-order valence-electron chi connectivity index (χ1n) is 3.88. The van der Waals surface area contributed by atoms with Gasteiger partial charge in [0.2, 0.25) is 0 Å². The number of ether oxygens (including phenoxy) is 1. The zero-order valence-electron chi connectivity index (χ0n) is 6.82. The number of nitrogens with one attached hydrogen (secondary N) is 1. The van der Waals surface area contributed by atoms with Gasteiger partial charge in [0.1, 0.15) is 0 Å². The van der Waals surface area contributed by atoms with E-state index in [1.54, 1.807) is 12.4 Å². The minimum absolute atomic E-state index is 0.232. The van der Waals surface area contributed by atoms with Crippen molar-refractivity contribution in [1.29, 1.82) is 0 Å². The second-order valence-corrected chi connectivity index (χ2v) is 3.43. The van der Waals surface area contributed by atoms with E-state index < -0.39 is 0 Å². The average molecular weight is 196 g/mol. The number of hydrogen-bond acceptors (Lipinski definition) is 5. The SMILES string of the molecule is O=C1OCC/C1=C/Nc1nccs1. The number of carbonyl (C=O) groups excluding carboxylic acids is 1. The van der Waals surface area contributed by atoms with Crippen molar-refractivity contribution in [3.8, 4) is 0 Å². The van der Waals surface area contributed by atoms with Gasteiger partial charge in [0.05, 0.1) is 12.2 Å². The molecule has 0 bridgehead atoms. The molecule has 1 N–H and O–H groups in total. The number of hydrogen-bond donors (Lipinski definition) is 1. The first-order valence-corrected chi connectivity index (χ1v) is 4.76. The minimum Gasteiger partial charge on any atom is -0.462 e. The zero-order chi connectivity index (χ0) is 9.10. The molecule has 1 saturated heterocycles. The summed E-state index contributed by atoms with van der Waals surface area (Å²) in [6.45, 7) is 0.490. The molecule has 68 valence electrons. The molecule has 2 rings (SSSR count). The highest BCUT2D eigenvalue weighted by Gasteiger charge is 2.17. The Morgan fingerprint density at radius 2 is 2.62 bits per heavy atom. The fraction of sp³-hybridized carbons (Fsp3) is 0.250. The van der Waals surface area contributed by atoms with Crippen molar-refractivity contribution >= 4 is 22.4 Å². The van der Waals surface area contributed by atoms with Gasteiger partial charge in [-0.3, -0.25) is 0 Å². The highest BCUT2D eigenvalue weighted by Crippen LogP contribution is 2.15. The first kappa shape index (κ1) is 8.25.